The van der Waals surface area contributed by atoms with Crippen LogP contribution in [0.15, 0.2) is 53.9 Å². The first kappa shape index (κ1) is 20.6. The standard InChI is InChI=1S/C23H27N5OS/c1-15(2)19-8-4-5-9-20(19)28-22(18-7-6-12-24-13-18)26-27-23(28)30-14-21(29)25-16(3)17-10-11-17/h4-9,12-13,15-17H,10-11,14H2,1-3H3,(H,25,29). The molecule has 0 bridgehead atoms. The molecule has 2 heterocycles. The molecule has 7 heteroatoms. The van der Waals surface area contributed by atoms with Gasteiger partial charge in [-0.15, -0.1) is 10.2 Å². The fourth-order valence-electron chi connectivity index (χ4n) is 3.58. The van der Waals surface area contributed by atoms with Crippen molar-refractivity contribution in [3.05, 3.63) is 54.4 Å². The van der Waals surface area contributed by atoms with Gasteiger partial charge in [-0.05, 0) is 55.4 Å². The van der Waals surface area contributed by atoms with Crippen molar-refractivity contribution in [3.63, 3.8) is 0 Å². The van der Waals surface area contributed by atoms with Gasteiger partial charge in [0.2, 0.25) is 5.91 Å². The number of thioether (sulfide) groups is 1. The van der Waals surface area contributed by atoms with Gasteiger partial charge < -0.3 is 5.32 Å². The van der Waals surface area contributed by atoms with Crippen molar-refractivity contribution in [2.75, 3.05) is 5.75 Å². The summed E-state index contributed by atoms with van der Waals surface area (Å²) in [6, 6.07) is 12.4. The molecule has 156 valence electrons. The Morgan fingerprint density at radius 1 is 1.17 bits per heavy atom. The maximum atomic E-state index is 12.5. The molecule has 1 aliphatic carbocycles. The fraction of sp³-hybridized carbons (Fsp3) is 0.391. The van der Waals surface area contributed by atoms with E-state index in [0.717, 1.165) is 17.1 Å². The average Bonchev–Trinajstić information content (AvgIpc) is 3.52. The summed E-state index contributed by atoms with van der Waals surface area (Å²) in [5, 5.41) is 12.7. The van der Waals surface area contributed by atoms with E-state index >= 15 is 0 Å². The number of carbonyl (C=O) groups is 1. The van der Waals surface area contributed by atoms with Gasteiger partial charge in [-0.3, -0.25) is 14.3 Å². The summed E-state index contributed by atoms with van der Waals surface area (Å²) in [7, 11) is 0. The number of para-hydroxylation sites is 1. The summed E-state index contributed by atoms with van der Waals surface area (Å²) in [5.74, 6) is 2.05. The largest absolute Gasteiger partial charge is 0.353 e. The quantitative estimate of drug-likeness (QED) is 0.544. The zero-order valence-corrected chi connectivity index (χ0v) is 18.4. The second kappa shape index (κ2) is 9.00. The lowest BCUT2D eigenvalue weighted by atomic mass is 10.0. The molecule has 30 heavy (non-hydrogen) atoms. The van der Waals surface area contributed by atoms with Gasteiger partial charge in [0, 0.05) is 24.0 Å². The Bertz CT molecular complexity index is 1010. The molecule has 0 spiro atoms. The van der Waals surface area contributed by atoms with Crippen molar-refractivity contribution >= 4 is 17.7 Å². The van der Waals surface area contributed by atoms with E-state index in [0.29, 0.717) is 22.7 Å². The number of carbonyl (C=O) groups excluding carboxylic acids is 1. The first-order valence-electron chi connectivity index (χ1n) is 10.4. The van der Waals surface area contributed by atoms with Gasteiger partial charge in [-0.2, -0.15) is 0 Å². The highest BCUT2D eigenvalue weighted by Crippen LogP contribution is 2.33. The lowest BCUT2D eigenvalue weighted by molar-refractivity contribution is -0.119. The van der Waals surface area contributed by atoms with E-state index in [1.807, 2.05) is 24.3 Å². The van der Waals surface area contributed by atoms with E-state index < -0.39 is 0 Å². The number of nitrogens with zero attached hydrogens (tertiary/aromatic N) is 4. The minimum absolute atomic E-state index is 0.0361. The van der Waals surface area contributed by atoms with Crippen LogP contribution in [0.25, 0.3) is 17.1 Å². The first-order chi connectivity index (χ1) is 14.5. The SMILES string of the molecule is CC(C)c1ccccc1-n1c(SCC(=O)NC(C)C2CC2)nnc1-c1cccnc1. The monoisotopic (exact) mass is 421 g/mol. The molecule has 1 aliphatic rings. The molecule has 1 N–H and O–H groups in total. The molecule has 4 rings (SSSR count). The molecule has 1 atom stereocenters. The van der Waals surface area contributed by atoms with E-state index in [-0.39, 0.29) is 11.9 Å². The molecule has 6 nitrogen and oxygen atoms in total. The van der Waals surface area contributed by atoms with Crippen molar-refractivity contribution in [1.29, 1.82) is 0 Å². The van der Waals surface area contributed by atoms with Gasteiger partial charge >= 0.3 is 0 Å². The van der Waals surface area contributed by atoms with Crippen molar-refractivity contribution < 1.29 is 4.79 Å². The first-order valence-corrected chi connectivity index (χ1v) is 11.4. The van der Waals surface area contributed by atoms with Crippen LogP contribution in [-0.4, -0.2) is 37.5 Å². The smallest absolute Gasteiger partial charge is 0.230 e. The maximum absolute atomic E-state index is 12.5. The molecule has 0 aliphatic heterocycles. The Balaban J connectivity index is 1.66. The van der Waals surface area contributed by atoms with Gasteiger partial charge in [0.15, 0.2) is 11.0 Å². The van der Waals surface area contributed by atoms with Gasteiger partial charge in [0.05, 0.1) is 11.4 Å². The van der Waals surface area contributed by atoms with Crippen molar-refractivity contribution in [1.82, 2.24) is 25.1 Å². The van der Waals surface area contributed by atoms with Crippen LogP contribution >= 0.6 is 11.8 Å². The van der Waals surface area contributed by atoms with Crippen molar-refractivity contribution in [2.24, 2.45) is 5.92 Å². The summed E-state index contributed by atoms with van der Waals surface area (Å²) in [6.45, 7) is 6.43. The molecule has 1 unspecified atom stereocenters. The maximum Gasteiger partial charge on any atom is 0.230 e. The van der Waals surface area contributed by atoms with Gasteiger partial charge in [-0.1, -0.05) is 43.8 Å². The summed E-state index contributed by atoms with van der Waals surface area (Å²) < 4.78 is 2.05. The molecule has 0 saturated heterocycles. The van der Waals surface area contributed by atoms with Gasteiger partial charge in [0.1, 0.15) is 0 Å². The lowest BCUT2D eigenvalue weighted by Gasteiger charge is -2.17. The number of hydrogen-bond donors (Lipinski definition) is 1. The molecule has 2 aromatic heterocycles. The van der Waals surface area contributed by atoms with Crippen LogP contribution in [0.3, 0.4) is 0 Å². The highest BCUT2D eigenvalue weighted by atomic mass is 32.2. The minimum Gasteiger partial charge on any atom is -0.353 e. The highest BCUT2D eigenvalue weighted by molar-refractivity contribution is 7.99. The predicted molar refractivity (Wildman–Crippen MR) is 120 cm³/mol. The zero-order valence-electron chi connectivity index (χ0n) is 17.6. The third-order valence-electron chi connectivity index (χ3n) is 5.40. The summed E-state index contributed by atoms with van der Waals surface area (Å²) in [5.41, 5.74) is 3.13. The average molecular weight is 422 g/mol. The topological polar surface area (TPSA) is 72.7 Å². The third kappa shape index (κ3) is 4.56. The van der Waals surface area contributed by atoms with Crippen LogP contribution in [0.4, 0.5) is 0 Å². The van der Waals surface area contributed by atoms with E-state index in [9.17, 15) is 4.79 Å². The highest BCUT2D eigenvalue weighted by Gasteiger charge is 2.29. The van der Waals surface area contributed by atoms with Crippen molar-refractivity contribution in [2.45, 2.75) is 50.7 Å². The van der Waals surface area contributed by atoms with Crippen LogP contribution in [-0.2, 0) is 4.79 Å². The normalized spacial score (nSPS) is 14.7. The molecule has 0 radical (unpaired) electrons. The molecule has 1 saturated carbocycles. The van der Waals surface area contributed by atoms with Crippen LogP contribution in [0.2, 0.25) is 0 Å². The van der Waals surface area contributed by atoms with Crippen LogP contribution in [0.5, 0.6) is 0 Å². The lowest BCUT2D eigenvalue weighted by Crippen LogP contribution is -2.35. The molecule has 3 aromatic rings. The van der Waals surface area contributed by atoms with Crippen LogP contribution in [0.1, 0.15) is 45.1 Å². The number of benzene rings is 1. The third-order valence-corrected chi connectivity index (χ3v) is 6.33. The second-order valence-electron chi connectivity index (χ2n) is 8.08. The Morgan fingerprint density at radius 2 is 1.97 bits per heavy atom. The van der Waals surface area contributed by atoms with Crippen LogP contribution in [0, 0.1) is 5.92 Å². The molecular formula is C23H27N5OS. The zero-order chi connectivity index (χ0) is 21.1. The van der Waals surface area contributed by atoms with Gasteiger partial charge in [0.25, 0.3) is 0 Å². The summed E-state index contributed by atoms with van der Waals surface area (Å²) in [4.78, 5) is 16.7. The molecule has 1 fully saturated rings. The van der Waals surface area contributed by atoms with Crippen molar-refractivity contribution in [3.8, 4) is 17.1 Å². The van der Waals surface area contributed by atoms with E-state index in [1.165, 1.54) is 30.2 Å². The number of amides is 1. The summed E-state index contributed by atoms with van der Waals surface area (Å²) >= 11 is 1.42. The molecule has 1 amide bonds. The number of pyridine rings is 1. The number of hydrogen-bond acceptors (Lipinski definition) is 5. The minimum atomic E-state index is 0.0361. The number of nitrogens with one attached hydrogen (secondary N) is 1. The van der Waals surface area contributed by atoms with Gasteiger partial charge in [-0.25, -0.2) is 0 Å². The Kier molecular flexibility index (Phi) is 6.18. The summed E-state index contributed by atoms with van der Waals surface area (Å²) in [6.07, 6.45) is 5.96. The number of aromatic nitrogens is 4. The molecular weight excluding hydrogens is 394 g/mol. The van der Waals surface area contributed by atoms with E-state index in [1.54, 1.807) is 12.4 Å². The number of rotatable bonds is 8. The van der Waals surface area contributed by atoms with E-state index in [2.05, 4.69) is 58.0 Å². The second-order valence-corrected chi connectivity index (χ2v) is 9.02. The predicted octanol–water partition coefficient (Wildman–Crippen LogP) is 4.46. The fourth-order valence-corrected chi connectivity index (χ4v) is 4.34. The van der Waals surface area contributed by atoms with Crippen LogP contribution < -0.4 is 5.32 Å². The van der Waals surface area contributed by atoms with E-state index in [4.69, 9.17) is 0 Å². The Hall–Kier alpha value is -2.67. The Labute approximate surface area is 181 Å². The molecule has 1 aromatic carbocycles. The Morgan fingerprint density at radius 3 is 2.67 bits per heavy atom.